The lowest BCUT2D eigenvalue weighted by atomic mass is 10.0. The van der Waals surface area contributed by atoms with Crippen LogP contribution in [0.25, 0.3) is 11.1 Å². The molecule has 0 bridgehead atoms. The van der Waals surface area contributed by atoms with E-state index in [1.54, 1.807) is 18.4 Å². The number of methoxy groups -OCH3 is 1. The smallest absolute Gasteiger partial charge is 0.357 e. The number of rotatable bonds is 7. The quantitative estimate of drug-likeness (QED) is 0.526. The van der Waals surface area contributed by atoms with Crippen LogP contribution in [0.3, 0.4) is 0 Å². The molecule has 0 amide bonds. The highest BCUT2D eigenvalue weighted by Gasteiger charge is 2.14. The summed E-state index contributed by atoms with van der Waals surface area (Å²) in [4.78, 5) is 15.7. The van der Waals surface area contributed by atoms with Crippen LogP contribution in [0.4, 0.5) is 8.78 Å². The van der Waals surface area contributed by atoms with Crippen molar-refractivity contribution >= 4 is 17.3 Å². The SMILES string of the molecule is CCOC(=O)c1csc(COc2ccc(-c3ccc(F)cc3OC)cc2F)n1. The Morgan fingerprint density at radius 3 is 2.68 bits per heavy atom. The average molecular weight is 405 g/mol. The summed E-state index contributed by atoms with van der Waals surface area (Å²) in [6.07, 6.45) is 0. The Hall–Kier alpha value is -3.00. The molecule has 3 aromatic rings. The van der Waals surface area contributed by atoms with Gasteiger partial charge >= 0.3 is 5.97 Å². The van der Waals surface area contributed by atoms with Crippen LogP contribution in [0.2, 0.25) is 0 Å². The predicted octanol–water partition coefficient (Wildman–Crippen LogP) is 4.85. The molecule has 0 aliphatic heterocycles. The van der Waals surface area contributed by atoms with Gasteiger partial charge in [-0.25, -0.2) is 18.6 Å². The first kappa shape index (κ1) is 19.8. The van der Waals surface area contributed by atoms with Crippen molar-refractivity contribution in [1.29, 1.82) is 0 Å². The number of ether oxygens (including phenoxy) is 3. The summed E-state index contributed by atoms with van der Waals surface area (Å²) >= 11 is 1.22. The molecule has 5 nitrogen and oxygen atoms in total. The number of carbonyl (C=O) groups excluding carboxylic acids is 1. The van der Waals surface area contributed by atoms with Crippen LogP contribution in [-0.2, 0) is 11.3 Å². The van der Waals surface area contributed by atoms with Crippen LogP contribution in [0.15, 0.2) is 41.8 Å². The fourth-order valence-corrected chi connectivity index (χ4v) is 3.18. The normalized spacial score (nSPS) is 10.6. The summed E-state index contributed by atoms with van der Waals surface area (Å²) in [5.41, 5.74) is 1.29. The Labute approximate surface area is 164 Å². The molecule has 0 saturated heterocycles. The Kier molecular flexibility index (Phi) is 6.20. The number of esters is 1. The summed E-state index contributed by atoms with van der Waals surface area (Å²) in [6.45, 7) is 1.99. The van der Waals surface area contributed by atoms with E-state index in [2.05, 4.69) is 4.98 Å². The standard InChI is InChI=1S/C20H17F2NO4S/c1-3-26-20(24)16-11-28-19(23-16)10-27-17-7-4-12(8-15(17)22)14-6-5-13(21)9-18(14)25-2/h4-9,11H,3,10H2,1-2H3. The Morgan fingerprint density at radius 1 is 1.14 bits per heavy atom. The number of nitrogens with zero attached hydrogens (tertiary/aromatic N) is 1. The largest absolute Gasteiger partial charge is 0.496 e. The van der Waals surface area contributed by atoms with Crippen molar-refractivity contribution in [1.82, 2.24) is 4.98 Å². The van der Waals surface area contributed by atoms with E-state index in [0.29, 0.717) is 21.9 Å². The fraction of sp³-hybridized carbons (Fsp3) is 0.200. The molecule has 1 heterocycles. The number of thiazole rings is 1. The second-order valence-electron chi connectivity index (χ2n) is 5.63. The van der Waals surface area contributed by atoms with Crippen molar-refractivity contribution in [3.63, 3.8) is 0 Å². The van der Waals surface area contributed by atoms with Crippen molar-refractivity contribution in [3.8, 4) is 22.6 Å². The van der Waals surface area contributed by atoms with E-state index < -0.39 is 17.6 Å². The molecule has 0 spiro atoms. The number of aromatic nitrogens is 1. The monoisotopic (exact) mass is 405 g/mol. The van der Waals surface area contributed by atoms with Crippen LogP contribution in [0.5, 0.6) is 11.5 Å². The highest BCUT2D eigenvalue weighted by atomic mass is 32.1. The lowest BCUT2D eigenvalue weighted by Gasteiger charge is -2.11. The second kappa shape index (κ2) is 8.79. The number of carbonyl (C=O) groups is 1. The van der Waals surface area contributed by atoms with Crippen molar-refractivity contribution in [2.24, 2.45) is 0 Å². The molecule has 3 rings (SSSR count). The summed E-state index contributed by atoms with van der Waals surface area (Å²) in [7, 11) is 1.42. The van der Waals surface area contributed by atoms with Gasteiger partial charge in [-0.2, -0.15) is 0 Å². The number of benzene rings is 2. The minimum atomic E-state index is -0.578. The molecule has 146 valence electrons. The molecule has 0 atom stereocenters. The van der Waals surface area contributed by atoms with Gasteiger partial charge < -0.3 is 14.2 Å². The van der Waals surface area contributed by atoms with Gasteiger partial charge in [0.25, 0.3) is 0 Å². The first-order chi connectivity index (χ1) is 13.5. The van der Waals surface area contributed by atoms with Crippen molar-refractivity contribution in [2.45, 2.75) is 13.5 Å². The van der Waals surface area contributed by atoms with E-state index in [1.165, 1.54) is 48.8 Å². The highest BCUT2D eigenvalue weighted by molar-refractivity contribution is 7.09. The van der Waals surface area contributed by atoms with Crippen LogP contribution in [0, 0.1) is 11.6 Å². The third-order valence-electron chi connectivity index (χ3n) is 3.79. The van der Waals surface area contributed by atoms with Gasteiger partial charge in [0.1, 0.15) is 23.2 Å². The van der Waals surface area contributed by atoms with E-state index in [4.69, 9.17) is 14.2 Å². The molecule has 0 aliphatic carbocycles. The maximum Gasteiger partial charge on any atom is 0.357 e. The first-order valence-corrected chi connectivity index (χ1v) is 9.27. The molecule has 0 radical (unpaired) electrons. The van der Waals surface area contributed by atoms with Crippen LogP contribution < -0.4 is 9.47 Å². The summed E-state index contributed by atoms with van der Waals surface area (Å²) in [5.74, 6) is -1.17. The lowest BCUT2D eigenvalue weighted by Crippen LogP contribution is -2.05. The van der Waals surface area contributed by atoms with Gasteiger partial charge in [0.05, 0.1) is 13.7 Å². The molecule has 28 heavy (non-hydrogen) atoms. The molecule has 8 heteroatoms. The number of hydrogen-bond acceptors (Lipinski definition) is 6. The van der Waals surface area contributed by atoms with E-state index in [0.717, 1.165) is 0 Å². The zero-order valence-corrected chi connectivity index (χ0v) is 16.0. The first-order valence-electron chi connectivity index (χ1n) is 8.39. The molecule has 1 aromatic heterocycles. The minimum absolute atomic E-state index is 0.0141. The summed E-state index contributed by atoms with van der Waals surface area (Å²) in [6, 6.07) is 8.46. The molecule has 0 aliphatic rings. The van der Waals surface area contributed by atoms with Gasteiger partial charge in [0.15, 0.2) is 17.3 Å². The van der Waals surface area contributed by atoms with Crippen LogP contribution >= 0.6 is 11.3 Å². The molecule has 2 aromatic carbocycles. The third-order valence-corrected chi connectivity index (χ3v) is 4.62. The average Bonchev–Trinajstić information content (AvgIpc) is 3.16. The topological polar surface area (TPSA) is 57.7 Å². The van der Waals surface area contributed by atoms with Gasteiger partial charge in [-0.3, -0.25) is 0 Å². The fourth-order valence-electron chi connectivity index (χ4n) is 2.50. The molecular formula is C20H17F2NO4S. The van der Waals surface area contributed by atoms with Gasteiger partial charge in [0.2, 0.25) is 0 Å². The van der Waals surface area contributed by atoms with Crippen molar-refractivity contribution < 1.29 is 27.8 Å². The molecule has 0 N–H and O–H groups in total. The van der Waals surface area contributed by atoms with E-state index in [1.807, 2.05) is 0 Å². The van der Waals surface area contributed by atoms with Gasteiger partial charge in [-0.1, -0.05) is 6.07 Å². The van der Waals surface area contributed by atoms with Gasteiger partial charge in [-0.15, -0.1) is 11.3 Å². The van der Waals surface area contributed by atoms with Crippen LogP contribution in [0.1, 0.15) is 22.4 Å². The molecule has 0 saturated carbocycles. The maximum atomic E-state index is 14.5. The molecule has 0 unspecified atom stereocenters. The molecule has 0 fully saturated rings. The van der Waals surface area contributed by atoms with E-state index >= 15 is 0 Å². The Morgan fingerprint density at radius 2 is 1.96 bits per heavy atom. The van der Waals surface area contributed by atoms with E-state index in [9.17, 15) is 13.6 Å². The molecular weight excluding hydrogens is 388 g/mol. The predicted molar refractivity (Wildman–Crippen MR) is 101 cm³/mol. The highest BCUT2D eigenvalue weighted by Crippen LogP contribution is 2.33. The number of hydrogen-bond donors (Lipinski definition) is 0. The second-order valence-corrected chi connectivity index (χ2v) is 6.57. The maximum absolute atomic E-state index is 14.5. The van der Waals surface area contributed by atoms with Crippen molar-refractivity contribution in [3.05, 3.63) is 64.1 Å². The lowest BCUT2D eigenvalue weighted by molar-refractivity contribution is 0.0520. The van der Waals surface area contributed by atoms with Gasteiger partial charge in [0, 0.05) is 17.0 Å². The Bertz CT molecular complexity index is 990. The van der Waals surface area contributed by atoms with E-state index in [-0.39, 0.29) is 24.7 Å². The third kappa shape index (κ3) is 4.45. The summed E-state index contributed by atoms with van der Waals surface area (Å²) in [5, 5.41) is 2.09. The minimum Gasteiger partial charge on any atom is -0.496 e. The Balaban J connectivity index is 1.72. The number of halogens is 2. The zero-order chi connectivity index (χ0) is 20.1. The van der Waals surface area contributed by atoms with Crippen LogP contribution in [-0.4, -0.2) is 24.7 Å². The van der Waals surface area contributed by atoms with Crippen molar-refractivity contribution in [2.75, 3.05) is 13.7 Å². The summed E-state index contributed by atoms with van der Waals surface area (Å²) < 4.78 is 43.3. The zero-order valence-electron chi connectivity index (χ0n) is 15.2. The van der Waals surface area contributed by atoms with Gasteiger partial charge in [-0.05, 0) is 36.8 Å².